The highest BCUT2D eigenvalue weighted by Gasteiger charge is 2.35. The minimum absolute atomic E-state index is 0.135. The largest absolute Gasteiger partial charge is 0.297 e. The van der Waals surface area contributed by atoms with E-state index in [-0.39, 0.29) is 15.8 Å². The normalized spacial score (nSPS) is 30.1. The van der Waals surface area contributed by atoms with E-state index in [2.05, 4.69) is 0 Å². The van der Waals surface area contributed by atoms with Crippen molar-refractivity contribution in [3.05, 3.63) is 0 Å². The molecule has 1 fully saturated rings. The molecular formula is C9H16O2S2. The number of hydrogen-bond donors (Lipinski definition) is 0. The Morgan fingerprint density at radius 3 is 2.54 bits per heavy atom. The van der Waals surface area contributed by atoms with Gasteiger partial charge in [0.05, 0.1) is 0 Å². The van der Waals surface area contributed by atoms with Gasteiger partial charge in [-0.25, -0.2) is 0 Å². The van der Waals surface area contributed by atoms with E-state index in [1.807, 2.05) is 20.8 Å². The zero-order chi connectivity index (χ0) is 10.1. The lowest BCUT2D eigenvalue weighted by Crippen LogP contribution is -2.36. The standard InChI is InChI=1S/C9H16O2S2/c1-9(2,3)7(10)8-12-5-4-6-13(8)11/h8H,4-6H2,1-3H3/t8-,13-/m0/s1. The molecule has 0 aromatic carbocycles. The molecule has 76 valence electrons. The van der Waals surface area contributed by atoms with E-state index in [9.17, 15) is 9.00 Å². The van der Waals surface area contributed by atoms with Gasteiger partial charge in [-0.1, -0.05) is 20.8 Å². The smallest absolute Gasteiger partial charge is 0.163 e. The van der Waals surface area contributed by atoms with Gasteiger partial charge < -0.3 is 0 Å². The zero-order valence-electron chi connectivity index (χ0n) is 8.33. The second-order valence-corrected chi connectivity index (χ2v) is 7.41. The van der Waals surface area contributed by atoms with Crippen LogP contribution in [0, 0.1) is 5.41 Å². The lowest BCUT2D eigenvalue weighted by Gasteiger charge is -2.26. The van der Waals surface area contributed by atoms with E-state index in [4.69, 9.17) is 0 Å². The molecule has 0 N–H and O–H groups in total. The molecule has 1 rings (SSSR count). The van der Waals surface area contributed by atoms with Gasteiger partial charge in [-0.15, -0.1) is 11.8 Å². The number of rotatable bonds is 1. The molecule has 0 spiro atoms. The molecule has 0 aromatic heterocycles. The first kappa shape index (κ1) is 11.2. The summed E-state index contributed by atoms with van der Waals surface area (Å²) in [6, 6.07) is 0. The quantitative estimate of drug-likeness (QED) is 0.676. The van der Waals surface area contributed by atoms with Crippen LogP contribution in [0.15, 0.2) is 0 Å². The fourth-order valence-electron chi connectivity index (χ4n) is 1.12. The average Bonchev–Trinajstić information content (AvgIpc) is 2.02. The third kappa shape index (κ3) is 2.81. The van der Waals surface area contributed by atoms with Gasteiger partial charge in [0.1, 0.15) is 4.58 Å². The van der Waals surface area contributed by atoms with E-state index in [0.717, 1.165) is 12.2 Å². The summed E-state index contributed by atoms with van der Waals surface area (Å²) >= 11 is 1.56. The number of carbonyl (C=O) groups excluding carboxylic acids is 1. The summed E-state index contributed by atoms with van der Waals surface area (Å²) in [6.45, 7) is 5.67. The van der Waals surface area contributed by atoms with Gasteiger partial charge in [0.25, 0.3) is 0 Å². The summed E-state index contributed by atoms with van der Waals surface area (Å²) in [5, 5.41) is 0. The average molecular weight is 220 g/mol. The van der Waals surface area contributed by atoms with Gasteiger partial charge in [0.2, 0.25) is 0 Å². The summed E-state index contributed by atoms with van der Waals surface area (Å²) in [4.78, 5) is 11.8. The van der Waals surface area contributed by atoms with Crippen LogP contribution in [-0.4, -0.2) is 26.1 Å². The Morgan fingerprint density at radius 2 is 2.08 bits per heavy atom. The van der Waals surface area contributed by atoms with Crippen molar-refractivity contribution in [1.82, 2.24) is 0 Å². The number of Topliss-reactive ketones (excluding diaryl/α,β-unsaturated/α-hetero) is 1. The number of ketones is 1. The van der Waals surface area contributed by atoms with Crippen LogP contribution in [0.3, 0.4) is 0 Å². The monoisotopic (exact) mass is 220 g/mol. The highest BCUT2D eigenvalue weighted by Crippen LogP contribution is 2.29. The Bertz CT molecular complexity index is 230. The van der Waals surface area contributed by atoms with Crippen molar-refractivity contribution in [2.45, 2.75) is 31.8 Å². The van der Waals surface area contributed by atoms with Gasteiger partial charge in [-0.3, -0.25) is 9.00 Å². The molecule has 13 heavy (non-hydrogen) atoms. The SMILES string of the molecule is CC(C)(C)C(=O)[C@H]1SCCC[S@@]1=O. The summed E-state index contributed by atoms with van der Waals surface area (Å²) < 4.78 is 11.3. The first-order chi connectivity index (χ1) is 5.93. The lowest BCUT2D eigenvalue weighted by atomic mass is 9.92. The molecule has 0 aliphatic carbocycles. The van der Waals surface area contributed by atoms with Crippen LogP contribution in [0.1, 0.15) is 27.2 Å². The van der Waals surface area contributed by atoms with Crippen LogP contribution < -0.4 is 0 Å². The summed E-state index contributed by atoms with van der Waals surface area (Å²) in [5.41, 5.74) is -0.356. The van der Waals surface area contributed by atoms with Crippen LogP contribution in [0.4, 0.5) is 0 Å². The van der Waals surface area contributed by atoms with Gasteiger partial charge in [-0.05, 0) is 12.2 Å². The molecule has 1 saturated heterocycles. The van der Waals surface area contributed by atoms with Gasteiger partial charge in [0, 0.05) is 22.0 Å². The van der Waals surface area contributed by atoms with E-state index >= 15 is 0 Å². The Morgan fingerprint density at radius 1 is 1.46 bits per heavy atom. The molecule has 4 heteroatoms. The van der Waals surface area contributed by atoms with Crippen LogP contribution in [0.2, 0.25) is 0 Å². The maximum Gasteiger partial charge on any atom is 0.163 e. The molecule has 0 amide bonds. The van der Waals surface area contributed by atoms with Crippen molar-refractivity contribution in [1.29, 1.82) is 0 Å². The molecular weight excluding hydrogens is 204 g/mol. The molecule has 0 radical (unpaired) electrons. The van der Waals surface area contributed by atoms with Gasteiger partial charge in [-0.2, -0.15) is 0 Å². The van der Waals surface area contributed by atoms with Crippen molar-refractivity contribution in [3.8, 4) is 0 Å². The Balaban J connectivity index is 2.70. The maximum atomic E-state index is 11.8. The molecule has 0 bridgehead atoms. The Labute approximate surface area is 86.3 Å². The third-order valence-electron chi connectivity index (χ3n) is 1.95. The van der Waals surface area contributed by atoms with E-state index in [0.29, 0.717) is 5.75 Å². The van der Waals surface area contributed by atoms with Crippen molar-refractivity contribution >= 4 is 28.3 Å². The molecule has 1 aliphatic heterocycles. The van der Waals surface area contributed by atoms with Gasteiger partial charge in [0.15, 0.2) is 5.78 Å². The zero-order valence-corrected chi connectivity index (χ0v) is 9.96. The van der Waals surface area contributed by atoms with Crippen LogP contribution in [-0.2, 0) is 15.6 Å². The fraction of sp³-hybridized carbons (Fsp3) is 0.889. The van der Waals surface area contributed by atoms with Crippen molar-refractivity contribution < 1.29 is 9.00 Å². The summed E-state index contributed by atoms with van der Waals surface area (Å²) in [6.07, 6.45) is 0.977. The highest BCUT2D eigenvalue weighted by molar-refractivity contribution is 8.12. The first-order valence-corrected chi connectivity index (χ1v) is 6.89. The predicted molar refractivity (Wildman–Crippen MR) is 58.3 cm³/mol. The Kier molecular flexibility index (Phi) is 3.57. The minimum Gasteiger partial charge on any atom is -0.297 e. The highest BCUT2D eigenvalue weighted by atomic mass is 32.2. The molecule has 0 saturated carbocycles. The number of thioether (sulfide) groups is 1. The molecule has 1 heterocycles. The second-order valence-electron chi connectivity index (χ2n) is 4.26. The molecule has 2 atom stereocenters. The van der Waals surface area contributed by atoms with Crippen LogP contribution in [0.25, 0.3) is 0 Å². The fourth-order valence-corrected chi connectivity index (χ4v) is 4.76. The number of carbonyl (C=O) groups is 1. The van der Waals surface area contributed by atoms with E-state index < -0.39 is 10.8 Å². The molecule has 0 unspecified atom stereocenters. The first-order valence-electron chi connectivity index (χ1n) is 4.46. The van der Waals surface area contributed by atoms with Crippen LogP contribution >= 0.6 is 11.8 Å². The molecule has 0 aromatic rings. The van der Waals surface area contributed by atoms with Gasteiger partial charge >= 0.3 is 0 Å². The predicted octanol–water partition coefficient (Wildman–Crippen LogP) is 1.81. The maximum absolute atomic E-state index is 11.8. The summed E-state index contributed by atoms with van der Waals surface area (Å²) in [5.74, 6) is 1.80. The van der Waals surface area contributed by atoms with E-state index in [1.54, 1.807) is 11.8 Å². The summed E-state index contributed by atoms with van der Waals surface area (Å²) in [7, 11) is -0.941. The Hall–Kier alpha value is 0.170. The third-order valence-corrected chi connectivity index (χ3v) is 5.43. The van der Waals surface area contributed by atoms with Crippen molar-refractivity contribution in [2.75, 3.05) is 11.5 Å². The van der Waals surface area contributed by atoms with Crippen molar-refractivity contribution in [2.24, 2.45) is 5.41 Å². The minimum atomic E-state index is -0.941. The van der Waals surface area contributed by atoms with Crippen LogP contribution in [0.5, 0.6) is 0 Å². The second kappa shape index (κ2) is 4.13. The molecule has 1 aliphatic rings. The molecule has 2 nitrogen and oxygen atoms in total. The lowest BCUT2D eigenvalue weighted by molar-refractivity contribution is -0.124. The topological polar surface area (TPSA) is 34.1 Å². The van der Waals surface area contributed by atoms with E-state index in [1.165, 1.54) is 0 Å². The number of hydrogen-bond acceptors (Lipinski definition) is 3. The van der Waals surface area contributed by atoms with Crippen molar-refractivity contribution in [3.63, 3.8) is 0 Å².